The number of aromatic amines is 2. The molecule has 0 unspecified atom stereocenters. The highest BCUT2D eigenvalue weighted by Crippen LogP contribution is 2.35. The zero-order valence-corrected chi connectivity index (χ0v) is 22.5. The lowest BCUT2D eigenvalue weighted by atomic mass is 10.0. The van der Waals surface area contributed by atoms with E-state index in [0.717, 1.165) is 69.3 Å². The van der Waals surface area contributed by atoms with E-state index in [1.54, 1.807) is 25.5 Å². The monoisotopic (exact) mass is 547 g/mol. The van der Waals surface area contributed by atoms with Gasteiger partial charge in [-0.3, -0.25) is 24.7 Å². The van der Waals surface area contributed by atoms with Crippen LogP contribution in [0.5, 0.6) is 0 Å². The fourth-order valence-corrected chi connectivity index (χ4v) is 6.25. The summed E-state index contributed by atoms with van der Waals surface area (Å²) in [6, 6.07) is 13.6. The van der Waals surface area contributed by atoms with Gasteiger partial charge < -0.3 is 10.3 Å². The second-order valence-electron chi connectivity index (χ2n) is 10.1. The Morgan fingerprint density at radius 1 is 0.975 bits per heavy atom. The van der Waals surface area contributed by atoms with Gasteiger partial charge in [0.05, 0.1) is 32.7 Å². The molecule has 9 nitrogen and oxygen atoms in total. The molecule has 7 rings (SSSR count). The first kappa shape index (κ1) is 24.3. The Kier molecular flexibility index (Phi) is 5.96. The fraction of sp³-hybridized carbons (Fsp3) is 0.200. The molecule has 1 aliphatic carbocycles. The van der Waals surface area contributed by atoms with Gasteiger partial charge in [0.2, 0.25) is 5.91 Å². The molecule has 1 fully saturated rings. The van der Waals surface area contributed by atoms with Crippen LogP contribution in [0.25, 0.3) is 55.2 Å². The van der Waals surface area contributed by atoms with Crippen molar-refractivity contribution in [3.8, 4) is 33.2 Å². The first-order valence-corrected chi connectivity index (χ1v) is 14.1. The first-order chi connectivity index (χ1) is 19.5. The van der Waals surface area contributed by atoms with Gasteiger partial charge in [0.1, 0.15) is 16.9 Å². The molecule has 0 aliphatic heterocycles. The summed E-state index contributed by atoms with van der Waals surface area (Å²) in [5.74, 6) is 0.806. The second kappa shape index (κ2) is 9.80. The van der Waals surface area contributed by atoms with Crippen molar-refractivity contribution in [2.45, 2.75) is 32.6 Å². The number of anilines is 1. The number of nitrogens with zero attached hydrogens (tertiary/aromatic N) is 4. The molecule has 0 saturated heterocycles. The third-order valence-corrected chi connectivity index (χ3v) is 8.63. The predicted octanol–water partition coefficient (Wildman–Crippen LogP) is 6.62. The molecule has 0 atom stereocenters. The van der Waals surface area contributed by atoms with Gasteiger partial charge in [-0.05, 0) is 61.7 Å². The highest BCUT2D eigenvalue weighted by Gasteiger charge is 2.23. The minimum absolute atomic E-state index is 0.0295. The lowest BCUT2D eigenvalue weighted by Gasteiger charge is -2.11. The summed E-state index contributed by atoms with van der Waals surface area (Å²) < 4.78 is 0. The standard InChI is InChI=1S/C30H25N7O2S/c1-16(38)24-8-9-25(40-24)28-27-23(10-11-32-28)34-29(35-27)26-21-13-18(6-7-22(21)36-37-26)19-12-20(15-31-14-19)33-30(39)17-4-2-3-5-17/h6-15,17H,2-5H2,1H3,(H,33,39)(H,34,35)(H,36,37). The summed E-state index contributed by atoms with van der Waals surface area (Å²) in [4.78, 5) is 43.3. The number of pyridine rings is 2. The summed E-state index contributed by atoms with van der Waals surface area (Å²) in [7, 11) is 0. The lowest BCUT2D eigenvalue weighted by molar-refractivity contribution is -0.119. The van der Waals surface area contributed by atoms with E-state index in [1.807, 2.05) is 36.4 Å². The number of hydrogen-bond donors (Lipinski definition) is 3. The average Bonchev–Trinajstić information content (AvgIpc) is 3.78. The number of carbonyl (C=O) groups is 2. The Morgan fingerprint density at radius 2 is 1.85 bits per heavy atom. The molecule has 1 saturated carbocycles. The molecule has 1 aliphatic rings. The number of fused-ring (bicyclic) bond motifs is 2. The molecular weight excluding hydrogens is 522 g/mol. The number of amides is 1. The van der Waals surface area contributed by atoms with Gasteiger partial charge in [-0.25, -0.2) is 4.98 Å². The zero-order valence-electron chi connectivity index (χ0n) is 21.7. The van der Waals surface area contributed by atoms with Gasteiger partial charge >= 0.3 is 0 Å². The molecule has 5 heterocycles. The Morgan fingerprint density at radius 3 is 2.67 bits per heavy atom. The normalized spacial score (nSPS) is 13.8. The first-order valence-electron chi connectivity index (χ1n) is 13.2. The number of imidazole rings is 1. The number of nitrogens with one attached hydrogen (secondary N) is 3. The maximum absolute atomic E-state index is 12.6. The number of benzene rings is 1. The summed E-state index contributed by atoms with van der Waals surface area (Å²) >= 11 is 1.41. The van der Waals surface area contributed by atoms with E-state index < -0.39 is 0 Å². The molecule has 0 bridgehead atoms. The number of ketones is 1. The van der Waals surface area contributed by atoms with Crippen molar-refractivity contribution in [2.75, 3.05) is 5.32 Å². The molecule has 6 aromatic rings. The van der Waals surface area contributed by atoms with Gasteiger partial charge in [0, 0.05) is 29.3 Å². The van der Waals surface area contributed by atoms with Crippen LogP contribution in [0.15, 0.2) is 61.1 Å². The highest BCUT2D eigenvalue weighted by atomic mass is 32.1. The number of aromatic nitrogens is 6. The maximum Gasteiger partial charge on any atom is 0.227 e. The van der Waals surface area contributed by atoms with Crippen molar-refractivity contribution in [3.63, 3.8) is 0 Å². The van der Waals surface area contributed by atoms with Crippen molar-refractivity contribution in [1.82, 2.24) is 30.1 Å². The van der Waals surface area contributed by atoms with E-state index in [0.29, 0.717) is 22.1 Å². The van der Waals surface area contributed by atoms with Crippen molar-refractivity contribution in [3.05, 3.63) is 65.9 Å². The largest absolute Gasteiger partial charge is 0.336 e. The topological polar surface area (TPSA) is 129 Å². The van der Waals surface area contributed by atoms with Crippen LogP contribution in [0.2, 0.25) is 0 Å². The van der Waals surface area contributed by atoms with Gasteiger partial charge in [0.15, 0.2) is 11.6 Å². The van der Waals surface area contributed by atoms with E-state index in [2.05, 4.69) is 36.5 Å². The smallest absolute Gasteiger partial charge is 0.227 e. The van der Waals surface area contributed by atoms with E-state index in [-0.39, 0.29) is 17.6 Å². The predicted molar refractivity (Wildman–Crippen MR) is 156 cm³/mol. The molecule has 10 heteroatoms. The second-order valence-corrected chi connectivity index (χ2v) is 11.2. The minimum atomic E-state index is 0.0295. The number of H-pyrrole nitrogens is 2. The van der Waals surface area contributed by atoms with E-state index in [9.17, 15) is 9.59 Å². The molecule has 0 radical (unpaired) electrons. The molecule has 5 aromatic heterocycles. The molecular formula is C30H25N7O2S. The summed E-state index contributed by atoms with van der Waals surface area (Å²) in [5, 5.41) is 11.6. The molecule has 1 amide bonds. The van der Waals surface area contributed by atoms with Crippen LogP contribution in [0.1, 0.15) is 42.3 Å². The van der Waals surface area contributed by atoms with Gasteiger partial charge in [-0.2, -0.15) is 5.10 Å². The quantitative estimate of drug-likeness (QED) is 0.201. The van der Waals surface area contributed by atoms with Crippen LogP contribution >= 0.6 is 11.3 Å². The Labute approximate surface area is 233 Å². The van der Waals surface area contributed by atoms with Crippen LogP contribution in [0.4, 0.5) is 5.69 Å². The van der Waals surface area contributed by atoms with Gasteiger partial charge in [0.25, 0.3) is 0 Å². The Bertz CT molecular complexity index is 1910. The van der Waals surface area contributed by atoms with Gasteiger partial charge in [-0.15, -0.1) is 11.3 Å². The number of thiophene rings is 1. The lowest BCUT2D eigenvalue weighted by Crippen LogP contribution is -2.20. The van der Waals surface area contributed by atoms with E-state index in [1.165, 1.54) is 11.3 Å². The number of rotatable bonds is 6. The summed E-state index contributed by atoms with van der Waals surface area (Å²) in [6.45, 7) is 1.56. The Hall–Kier alpha value is -4.70. The van der Waals surface area contributed by atoms with E-state index >= 15 is 0 Å². The van der Waals surface area contributed by atoms with Crippen LogP contribution in [-0.2, 0) is 4.79 Å². The summed E-state index contributed by atoms with van der Waals surface area (Å²) in [5.41, 5.74) is 6.38. The molecule has 198 valence electrons. The minimum Gasteiger partial charge on any atom is -0.336 e. The SMILES string of the molecule is CC(=O)c1ccc(-c2nccc3[nH]c(-c4n[nH]c5ccc(-c6cncc(NC(=O)C7CCCC7)c6)cc45)nc23)s1. The third kappa shape index (κ3) is 4.36. The van der Waals surface area contributed by atoms with Crippen molar-refractivity contribution in [2.24, 2.45) is 5.92 Å². The fourth-order valence-electron chi connectivity index (χ4n) is 5.35. The molecule has 3 N–H and O–H groups in total. The van der Waals surface area contributed by atoms with Crippen LogP contribution in [0, 0.1) is 5.92 Å². The van der Waals surface area contributed by atoms with Crippen molar-refractivity contribution < 1.29 is 9.59 Å². The molecule has 1 aromatic carbocycles. The Balaban J connectivity index is 1.24. The molecule has 0 spiro atoms. The summed E-state index contributed by atoms with van der Waals surface area (Å²) in [6.07, 6.45) is 9.34. The zero-order chi connectivity index (χ0) is 27.2. The third-order valence-electron chi connectivity index (χ3n) is 7.44. The van der Waals surface area contributed by atoms with Crippen molar-refractivity contribution >= 4 is 50.7 Å². The van der Waals surface area contributed by atoms with E-state index in [4.69, 9.17) is 4.98 Å². The van der Waals surface area contributed by atoms with Crippen LogP contribution in [-0.4, -0.2) is 41.8 Å². The maximum atomic E-state index is 12.6. The number of carbonyl (C=O) groups excluding carboxylic acids is 2. The van der Waals surface area contributed by atoms with Crippen molar-refractivity contribution in [1.29, 1.82) is 0 Å². The van der Waals surface area contributed by atoms with Crippen LogP contribution < -0.4 is 5.32 Å². The molecule has 40 heavy (non-hydrogen) atoms. The number of hydrogen-bond acceptors (Lipinski definition) is 7. The average molecular weight is 548 g/mol. The highest BCUT2D eigenvalue weighted by molar-refractivity contribution is 7.17. The van der Waals surface area contributed by atoms with Crippen LogP contribution in [0.3, 0.4) is 0 Å². The number of Topliss-reactive ketones (excluding diaryl/α,β-unsaturated/α-hetero) is 1. The van der Waals surface area contributed by atoms with Gasteiger partial charge in [-0.1, -0.05) is 18.9 Å².